The molecule has 0 aliphatic heterocycles. The molecule has 0 N–H and O–H groups in total. The van der Waals surface area contributed by atoms with E-state index in [1.807, 2.05) is 42.5 Å². The molecule has 0 saturated heterocycles. The molecule has 5 rings (SSSR count). The van der Waals surface area contributed by atoms with Crippen LogP contribution in [-0.4, -0.2) is 70.4 Å². The zero-order chi connectivity index (χ0) is 32.6. The van der Waals surface area contributed by atoms with Crippen LogP contribution in [0.2, 0.25) is 0 Å². The first-order valence-electron chi connectivity index (χ1n) is 13.8. The van der Waals surface area contributed by atoms with E-state index in [9.17, 15) is 0 Å². The van der Waals surface area contributed by atoms with E-state index in [1.165, 1.54) is 0 Å². The number of hydrogen-bond acceptors (Lipinski definition) is 12. The third-order valence-electron chi connectivity index (χ3n) is 4.91. The molecular weight excluding hydrogens is 574 g/mol. The van der Waals surface area contributed by atoms with Gasteiger partial charge in [-0.2, -0.15) is 0 Å². The van der Waals surface area contributed by atoms with Crippen molar-refractivity contribution in [1.82, 2.24) is 34.9 Å². The van der Waals surface area contributed by atoms with Gasteiger partial charge in [0, 0.05) is 91.3 Å². The highest BCUT2D eigenvalue weighted by Crippen LogP contribution is 1.97. The van der Waals surface area contributed by atoms with Crippen LogP contribution in [0.15, 0.2) is 110 Å². The number of rotatable bonds is 10. The zero-order valence-electron chi connectivity index (χ0n) is 26.6. The van der Waals surface area contributed by atoms with E-state index in [4.69, 9.17) is 23.7 Å². The fraction of sp³-hybridized carbons (Fsp3) is 0.303. The van der Waals surface area contributed by atoms with E-state index in [1.54, 1.807) is 104 Å². The monoisotopic (exact) mass is 617 g/mol. The summed E-state index contributed by atoms with van der Waals surface area (Å²) < 4.78 is 24.3. The molecule has 0 radical (unpaired) electrons. The predicted octanol–water partition coefficient (Wildman–Crippen LogP) is 4.93. The maximum absolute atomic E-state index is 4.90. The quantitative estimate of drug-likeness (QED) is 0.210. The smallest absolute Gasteiger partial charge is 0.153 e. The maximum Gasteiger partial charge on any atom is 0.153 e. The minimum atomic E-state index is 0.487. The standard InChI is InChI=1S/3C7H9NO.2C6H8N2O/c1-9-6-7-2-4-8-5-3-7;1-9-6-7-3-2-4-8-5-7;1-9-6-7-4-2-3-5-8-7;1-9-5-6-4-7-2-3-8-6;1-9-5-6-7-3-2-4-8-6/h3*2-5H,6H2,1H3;2*2-4H,5H2,1H3. The molecule has 45 heavy (non-hydrogen) atoms. The minimum absolute atomic E-state index is 0.487. The summed E-state index contributed by atoms with van der Waals surface area (Å²) in [7, 11) is 8.27. The van der Waals surface area contributed by atoms with E-state index in [2.05, 4.69) is 34.9 Å². The summed E-state index contributed by atoms with van der Waals surface area (Å²) in [6, 6.07) is 15.3. The molecule has 0 aromatic carbocycles. The van der Waals surface area contributed by atoms with Gasteiger partial charge in [0.1, 0.15) is 6.61 Å². The van der Waals surface area contributed by atoms with E-state index in [-0.39, 0.29) is 0 Å². The van der Waals surface area contributed by atoms with Gasteiger partial charge in [0.05, 0.1) is 44.0 Å². The van der Waals surface area contributed by atoms with Crippen LogP contribution in [0, 0.1) is 0 Å². The summed E-state index contributed by atoms with van der Waals surface area (Å²) in [4.78, 5) is 27.5. The summed E-state index contributed by atoms with van der Waals surface area (Å²) in [5, 5.41) is 0. The van der Waals surface area contributed by atoms with Gasteiger partial charge in [-0.15, -0.1) is 0 Å². The Bertz CT molecular complexity index is 1060. The highest BCUT2D eigenvalue weighted by molar-refractivity contribution is 5.08. The van der Waals surface area contributed by atoms with Crippen LogP contribution in [0.5, 0.6) is 0 Å². The summed E-state index contributed by atoms with van der Waals surface area (Å²) in [6.45, 7) is 2.94. The molecule has 240 valence electrons. The van der Waals surface area contributed by atoms with Gasteiger partial charge in [0.25, 0.3) is 0 Å². The van der Waals surface area contributed by atoms with Crippen molar-refractivity contribution in [1.29, 1.82) is 0 Å². The number of aromatic nitrogens is 7. The van der Waals surface area contributed by atoms with Gasteiger partial charge in [-0.1, -0.05) is 12.1 Å². The lowest BCUT2D eigenvalue weighted by Gasteiger charge is -1.94. The van der Waals surface area contributed by atoms with E-state index in [0.29, 0.717) is 33.0 Å². The van der Waals surface area contributed by atoms with Gasteiger partial charge in [-0.25, -0.2) is 9.97 Å². The molecule has 0 aliphatic rings. The van der Waals surface area contributed by atoms with Gasteiger partial charge in [0.15, 0.2) is 5.82 Å². The van der Waals surface area contributed by atoms with Crippen LogP contribution in [0.1, 0.15) is 28.3 Å². The maximum atomic E-state index is 4.90. The Hall–Kier alpha value is -4.59. The van der Waals surface area contributed by atoms with Crippen molar-refractivity contribution in [3.8, 4) is 0 Å². The Morgan fingerprint density at radius 1 is 0.400 bits per heavy atom. The summed E-state index contributed by atoms with van der Waals surface area (Å²) in [5.41, 5.74) is 4.10. The molecular formula is C33H43N7O5. The second-order valence-electron chi connectivity index (χ2n) is 8.56. The summed E-state index contributed by atoms with van der Waals surface area (Å²) >= 11 is 0. The normalized spacial score (nSPS) is 9.44. The molecule has 0 spiro atoms. The summed E-state index contributed by atoms with van der Waals surface area (Å²) in [6.07, 6.45) is 17.2. The molecule has 5 aromatic heterocycles. The number of methoxy groups -OCH3 is 5. The summed E-state index contributed by atoms with van der Waals surface area (Å²) in [5.74, 6) is 0.722. The van der Waals surface area contributed by atoms with E-state index < -0.39 is 0 Å². The second-order valence-corrected chi connectivity index (χ2v) is 8.56. The Kier molecular flexibility index (Phi) is 24.1. The van der Waals surface area contributed by atoms with E-state index in [0.717, 1.165) is 28.3 Å². The fourth-order valence-corrected chi connectivity index (χ4v) is 3.01. The van der Waals surface area contributed by atoms with Crippen molar-refractivity contribution >= 4 is 0 Å². The molecule has 12 nitrogen and oxygen atoms in total. The van der Waals surface area contributed by atoms with Crippen LogP contribution >= 0.6 is 0 Å². The molecule has 0 fully saturated rings. The van der Waals surface area contributed by atoms with Crippen molar-refractivity contribution in [2.75, 3.05) is 35.5 Å². The molecule has 0 atom stereocenters. The predicted molar refractivity (Wildman–Crippen MR) is 170 cm³/mol. The number of hydrogen-bond donors (Lipinski definition) is 0. The highest BCUT2D eigenvalue weighted by Gasteiger charge is 1.90. The molecule has 12 heteroatoms. The van der Waals surface area contributed by atoms with E-state index >= 15 is 0 Å². The molecule has 0 unspecified atom stereocenters. The van der Waals surface area contributed by atoms with Crippen molar-refractivity contribution < 1.29 is 23.7 Å². The van der Waals surface area contributed by atoms with Crippen molar-refractivity contribution in [2.45, 2.75) is 33.0 Å². The number of ether oxygens (including phenoxy) is 5. The Labute approximate surface area is 265 Å². The molecule has 5 aromatic rings. The van der Waals surface area contributed by atoms with Gasteiger partial charge in [-0.05, 0) is 47.5 Å². The molecule has 0 bridgehead atoms. The third-order valence-corrected chi connectivity index (χ3v) is 4.91. The molecule has 0 saturated carbocycles. The number of pyridine rings is 3. The van der Waals surface area contributed by atoms with Crippen molar-refractivity contribution in [3.05, 3.63) is 139 Å². The van der Waals surface area contributed by atoms with Gasteiger partial charge < -0.3 is 23.7 Å². The van der Waals surface area contributed by atoms with Crippen LogP contribution in [0.4, 0.5) is 0 Å². The second kappa shape index (κ2) is 28.2. The first-order valence-corrected chi connectivity index (χ1v) is 13.8. The Morgan fingerprint density at radius 2 is 1.00 bits per heavy atom. The van der Waals surface area contributed by atoms with Crippen molar-refractivity contribution in [3.63, 3.8) is 0 Å². The molecule has 0 amide bonds. The minimum Gasteiger partial charge on any atom is -0.380 e. The Balaban J connectivity index is 0.000000281. The average Bonchev–Trinajstić information content (AvgIpc) is 3.09. The Morgan fingerprint density at radius 3 is 1.56 bits per heavy atom. The fourth-order valence-electron chi connectivity index (χ4n) is 3.01. The SMILES string of the molecule is COCc1ccccn1.COCc1cccnc1.COCc1ccncc1.COCc1cnccn1.COCc1ncccn1. The lowest BCUT2D eigenvalue weighted by atomic mass is 10.3. The average molecular weight is 618 g/mol. The van der Waals surface area contributed by atoms with Crippen LogP contribution in [-0.2, 0) is 56.7 Å². The van der Waals surface area contributed by atoms with Crippen LogP contribution in [0.25, 0.3) is 0 Å². The molecule has 5 heterocycles. The van der Waals surface area contributed by atoms with Crippen LogP contribution < -0.4 is 0 Å². The van der Waals surface area contributed by atoms with Gasteiger partial charge in [-0.3, -0.25) is 24.9 Å². The highest BCUT2D eigenvalue weighted by atomic mass is 16.5. The molecule has 0 aliphatic carbocycles. The van der Waals surface area contributed by atoms with Gasteiger partial charge in [0.2, 0.25) is 0 Å². The topological polar surface area (TPSA) is 136 Å². The first-order chi connectivity index (χ1) is 22.2. The van der Waals surface area contributed by atoms with Crippen LogP contribution in [0.3, 0.4) is 0 Å². The number of nitrogens with zero attached hydrogens (tertiary/aromatic N) is 7. The van der Waals surface area contributed by atoms with Crippen molar-refractivity contribution in [2.24, 2.45) is 0 Å². The largest absolute Gasteiger partial charge is 0.380 e. The lowest BCUT2D eigenvalue weighted by molar-refractivity contribution is 0.177. The zero-order valence-corrected chi connectivity index (χ0v) is 26.6. The van der Waals surface area contributed by atoms with Gasteiger partial charge >= 0.3 is 0 Å². The first kappa shape index (κ1) is 38.4. The third kappa shape index (κ3) is 21.7. The lowest BCUT2D eigenvalue weighted by Crippen LogP contribution is -1.93.